The molecule has 32 heavy (non-hydrogen) atoms. The number of carboxylic acids is 2. The first-order chi connectivity index (χ1) is 14.9. The van der Waals surface area contributed by atoms with Gasteiger partial charge in [-0.3, -0.25) is 19.2 Å². The van der Waals surface area contributed by atoms with Crippen LogP contribution in [0.2, 0.25) is 0 Å². The van der Waals surface area contributed by atoms with Crippen molar-refractivity contribution in [3.05, 3.63) is 35.9 Å². The number of carboxylic acid groups (broad SMARTS) is 2. The monoisotopic (exact) mass is 450 g/mol. The molecule has 11 nitrogen and oxygen atoms in total. The van der Waals surface area contributed by atoms with Crippen molar-refractivity contribution in [1.29, 1.82) is 0 Å². The van der Waals surface area contributed by atoms with Gasteiger partial charge in [-0.2, -0.15) is 0 Å². The standard InChI is InChI=1S/C21H30N4O7/c1-11(2)17(20(30)24-15(21(31)32)10-16(26)27)25-19(29)14(23-18(28)12(3)22)9-13-7-5-4-6-8-13/h4-8,11-12,14-15,17H,9-10,22H2,1-3H3,(H,23,28)(H,24,30)(H,25,29)(H,26,27)(H,31,32). The first-order valence-corrected chi connectivity index (χ1v) is 10.1. The summed E-state index contributed by atoms with van der Waals surface area (Å²) >= 11 is 0. The van der Waals surface area contributed by atoms with Gasteiger partial charge in [0.25, 0.3) is 0 Å². The Labute approximate surface area is 185 Å². The predicted molar refractivity (Wildman–Crippen MR) is 114 cm³/mol. The van der Waals surface area contributed by atoms with Crippen molar-refractivity contribution in [3.8, 4) is 0 Å². The summed E-state index contributed by atoms with van der Waals surface area (Å²) in [6.45, 7) is 4.72. The van der Waals surface area contributed by atoms with Crippen molar-refractivity contribution in [2.75, 3.05) is 0 Å². The number of hydrogen-bond acceptors (Lipinski definition) is 6. The summed E-state index contributed by atoms with van der Waals surface area (Å²) < 4.78 is 0. The van der Waals surface area contributed by atoms with Crippen LogP contribution in [0.25, 0.3) is 0 Å². The molecule has 11 heteroatoms. The second kappa shape index (κ2) is 12.4. The minimum atomic E-state index is -1.66. The molecule has 1 aromatic carbocycles. The Kier molecular flexibility index (Phi) is 10.3. The molecule has 0 aromatic heterocycles. The number of amides is 3. The molecule has 0 saturated carbocycles. The van der Waals surface area contributed by atoms with E-state index >= 15 is 0 Å². The number of aliphatic carboxylic acids is 2. The third kappa shape index (κ3) is 8.72. The normalized spacial score (nSPS) is 14.5. The second-order valence-corrected chi connectivity index (χ2v) is 7.77. The highest BCUT2D eigenvalue weighted by molar-refractivity contribution is 5.94. The summed E-state index contributed by atoms with van der Waals surface area (Å²) in [6.07, 6.45) is -0.685. The number of nitrogens with two attached hydrogens (primary N) is 1. The summed E-state index contributed by atoms with van der Waals surface area (Å²) in [5, 5.41) is 25.2. The maximum absolute atomic E-state index is 13.0. The second-order valence-electron chi connectivity index (χ2n) is 7.77. The van der Waals surface area contributed by atoms with E-state index in [4.69, 9.17) is 15.9 Å². The van der Waals surface area contributed by atoms with E-state index in [1.54, 1.807) is 44.2 Å². The molecule has 0 radical (unpaired) electrons. The molecular weight excluding hydrogens is 420 g/mol. The lowest BCUT2D eigenvalue weighted by atomic mass is 10.00. The van der Waals surface area contributed by atoms with Crippen LogP contribution in [0.1, 0.15) is 32.8 Å². The number of rotatable bonds is 12. The Morgan fingerprint density at radius 3 is 1.88 bits per heavy atom. The highest BCUT2D eigenvalue weighted by atomic mass is 16.4. The third-order valence-corrected chi connectivity index (χ3v) is 4.57. The Balaban J connectivity index is 3.02. The Hall–Kier alpha value is -3.47. The van der Waals surface area contributed by atoms with Gasteiger partial charge in [-0.15, -0.1) is 0 Å². The van der Waals surface area contributed by atoms with Crippen LogP contribution in [0.15, 0.2) is 30.3 Å². The van der Waals surface area contributed by atoms with Crippen molar-refractivity contribution in [3.63, 3.8) is 0 Å². The topological polar surface area (TPSA) is 188 Å². The number of nitrogens with one attached hydrogen (secondary N) is 3. The SMILES string of the molecule is CC(N)C(=O)NC(Cc1ccccc1)C(=O)NC(C(=O)NC(CC(=O)O)C(=O)O)C(C)C. The molecular formula is C21H30N4O7. The summed E-state index contributed by atoms with van der Waals surface area (Å²) in [5.74, 6) is -5.44. The van der Waals surface area contributed by atoms with Crippen LogP contribution in [0.4, 0.5) is 0 Å². The average Bonchev–Trinajstić information content (AvgIpc) is 2.70. The zero-order valence-corrected chi connectivity index (χ0v) is 18.2. The van der Waals surface area contributed by atoms with E-state index in [0.29, 0.717) is 0 Å². The number of benzene rings is 1. The lowest BCUT2D eigenvalue weighted by Crippen LogP contribution is -2.58. The molecule has 4 atom stereocenters. The Bertz CT molecular complexity index is 827. The molecule has 1 aromatic rings. The fourth-order valence-electron chi connectivity index (χ4n) is 2.79. The largest absolute Gasteiger partial charge is 0.481 e. The number of carbonyl (C=O) groups excluding carboxylic acids is 3. The summed E-state index contributed by atoms with van der Waals surface area (Å²) in [5.41, 5.74) is 6.35. The molecule has 0 heterocycles. The zero-order chi connectivity index (χ0) is 24.4. The highest BCUT2D eigenvalue weighted by Gasteiger charge is 2.32. The van der Waals surface area contributed by atoms with Crippen LogP contribution in [0.5, 0.6) is 0 Å². The van der Waals surface area contributed by atoms with Gasteiger partial charge >= 0.3 is 11.9 Å². The summed E-state index contributed by atoms with van der Waals surface area (Å²) in [4.78, 5) is 59.8. The Morgan fingerprint density at radius 1 is 0.844 bits per heavy atom. The van der Waals surface area contributed by atoms with Crippen LogP contribution in [0.3, 0.4) is 0 Å². The maximum Gasteiger partial charge on any atom is 0.326 e. The van der Waals surface area contributed by atoms with E-state index in [1.165, 1.54) is 6.92 Å². The van der Waals surface area contributed by atoms with Crippen molar-refractivity contribution in [1.82, 2.24) is 16.0 Å². The van der Waals surface area contributed by atoms with Crippen LogP contribution >= 0.6 is 0 Å². The van der Waals surface area contributed by atoms with E-state index in [2.05, 4.69) is 16.0 Å². The Morgan fingerprint density at radius 2 is 1.41 bits per heavy atom. The molecule has 0 aliphatic carbocycles. The van der Waals surface area contributed by atoms with E-state index in [1.807, 2.05) is 0 Å². The predicted octanol–water partition coefficient (Wildman–Crippen LogP) is -0.754. The van der Waals surface area contributed by atoms with Crippen molar-refractivity contribution in [2.45, 2.75) is 57.8 Å². The maximum atomic E-state index is 13.0. The first-order valence-electron chi connectivity index (χ1n) is 10.1. The zero-order valence-electron chi connectivity index (χ0n) is 18.2. The van der Waals surface area contributed by atoms with Crippen LogP contribution in [-0.2, 0) is 30.4 Å². The van der Waals surface area contributed by atoms with Gasteiger partial charge in [0.05, 0.1) is 12.5 Å². The van der Waals surface area contributed by atoms with E-state index in [9.17, 15) is 24.0 Å². The van der Waals surface area contributed by atoms with Gasteiger partial charge in [0.1, 0.15) is 18.1 Å². The molecule has 4 unspecified atom stereocenters. The molecule has 7 N–H and O–H groups in total. The quantitative estimate of drug-likeness (QED) is 0.240. The van der Waals surface area contributed by atoms with Gasteiger partial charge in [0.15, 0.2) is 0 Å². The van der Waals surface area contributed by atoms with Gasteiger partial charge in [0, 0.05) is 6.42 Å². The summed E-state index contributed by atoms with van der Waals surface area (Å²) in [7, 11) is 0. The lowest BCUT2D eigenvalue weighted by Gasteiger charge is -2.26. The summed E-state index contributed by atoms with van der Waals surface area (Å²) in [6, 6.07) is 4.17. The van der Waals surface area contributed by atoms with Crippen LogP contribution in [-0.4, -0.2) is 64.0 Å². The molecule has 1 rings (SSSR count). The van der Waals surface area contributed by atoms with E-state index in [0.717, 1.165) is 5.56 Å². The van der Waals surface area contributed by atoms with E-state index < -0.39 is 66.2 Å². The third-order valence-electron chi connectivity index (χ3n) is 4.57. The van der Waals surface area contributed by atoms with Gasteiger partial charge in [-0.05, 0) is 18.4 Å². The van der Waals surface area contributed by atoms with Crippen molar-refractivity contribution < 1.29 is 34.2 Å². The highest BCUT2D eigenvalue weighted by Crippen LogP contribution is 2.08. The van der Waals surface area contributed by atoms with Gasteiger partial charge in [0.2, 0.25) is 17.7 Å². The van der Waals surface area contributed by atoms with Crippen molar-refractivity contribution >= 4 is 29.7 Å². The molecule has 0 saturated heterocycles. The van der Waals surface area contributed by atoms with E-state index in [-0.39, 0.29) is 6.42 Å². The van der Waals surface area contributed by atoms with Crippen molar-refractivity contribution in [2.24, 2.45) is 11.7 Å². The van der Waals surface area contributed by atoms with Gasteiger partial charge in [-0.1, -0.05) is 44.2 Å². The fourth-order valence-corrected chi connectivity index (χ4v) is 2.79. The smallest absolute Gasteiger partial charge is 0.326 e. The van der Waals surface area contributed by atoms with Crippen LogP contribution < -0.4 is 21.7 Å². The molecule has 0 aliphatic rings. The number of carbonyl (C=O) groups is 5. The molecule has 176 valence electrons. The molecule has 0 aliphatic heterocycles. The molecule has 0 fully saturated rings. The van der Waals surface area contributed by atoms with Gasteiger partial charge < -0.3 is 31.9 Å². The molecule has 0 spiro atoms. The minimum absolute atomic E-state index is 0.133. The average molecular weight is 450 g/mol. The van der Waals surface area contributed by atoms with Gasteiger partial charge in [-0.25, -0.2) is 4.79 Å². The van der Waals surface area contributed by atoms with Crippen LogP contribution in [0, 0.1) is 5.92 Å². The fraction of sp³-hybridized carbons (Fsp3) is 0.476. The molecule has 0 bridgehead atoms. The number of hydrogen-bond donors (Lipinski definition) is 6. The minimum Gasteiger partial charge on any atom is -0.481 e. The first kappa shape index (κ1) is 26.6. The lowest BCUT2D eigenvalue weighted by molar-refractivity contribution is -0.147. The molecule has 3 amide bonds.